The zero-order chi connectivity index (χ0) is 15.1. The highest BCUT2D eigenvalue weighted by Gasteiger charge is 2.58. The van der Waals surface area contributed by atoms with E-state index in [4.69, 9.17) is 5.11 Å². The molecular weight excluding hydrogens is 275 g/mol. The monoisotopic (exact) mass is 284 g/mol. The Kier molecular flexibility index (Phi) is 3.59. The second-order valence-corrected chi connectivity index (χ2v) is 4.00. The van der Waals surface area contributed by atoms with E-state index in [-0.39, 0.29) is 0 Å². The normalized spacial score (nSPS) is 15.9. The number of carboxylic acid groups (broad SMARTS) is 1. The van der Waals surface area contributed by atoms with Gasteiger partial charge in [0, 0.05) is 5.56 Å². The third-order valence-electron chi connectivity index (χ3n) is 2.64. The van der Waals surface area contributed by atoms with Gasteiger partial charge in [0.25, 0.3) is 0 Å². The first-order valence-corrected chi connectivity index (χ1v) is 4.92. The Labute approximate surface area is 104 Å². The van der Waals surface area contributed by atoms with Crippen molar-refractivity contribution < 1.29 is 37.0 Å². The average Bonchev–Trinajstić information content (AvgIpc) is 2.27. The van der Waals surface area contributed by atoms with E-state index in [0.29, 0.717) is 19.1 Å². The lowest BCUT2D eigenvalue weighted by Gasteiger charge is -2.31. The second-order valence-electron chi connectivity index (χ2n) is 4.00. The summed E-state index contributed by atoms with van der Waals surface area (Å²) in [5.74, 6) is -7.48. The first-order chi connectivity index (χ1) is 8.42. The minimum absolute atomic E-state index is 0.325. The predicted molar refractivity (Wildman–Crippen MR) is 53.6 cm³/mol. The van der Waals surface area contributed by atoms with Crippen molar-refractivity contribution in [1.29, 1.82) is 0 Å². The zero-order valence-electron chi connectivity index (χ0n) is 9.50. The van der Waals surface area contributed by atoms with Gasteiger partial charge in [0.2, 0.25) is 0 Å². The van der Waals surface area contributed by atoms with Crippen LogP contribution < -0.4 is 0 Å². The van der Waals surface area contributed by atoms with Crippen molar-refractivity contribution >= 4 is 5.97 Å². The number of halogens is 5. The number of carboxylic acids is 1. The van der Waals surface area contributed by atoms with E-state index in [9.17, 15) is 31.9 Å². The summed E-state index contributed by atoms with van der Waals surface area (Å²) < 4.78 is 64.7. The number of rotatable bonds is 3. The van der Waals surface area contributed by atoms with Crippen LogP contribution in [-0.2, 0) is 16.6 Å². The molecule has 0 radical (unpaired) electrons. The Morgan fingerprint density at radius 3 is 1.84 bits per heavy atom. The molecule has 0 saturated carbocycles. The lowest BCUT2D eigenvalue weighted by atomic mass is 9.85. The number of carbonyl (C=O) groups is 1. The van der Waals surface area contributed by atoms with Crippen LogP contribution in [0.3, 0.4) is 0 Å². The number of aliphatic hydroxyl groups is 1. The van der Waals surface area contributed by atoms with E-state index in [0.717, 1.165) is 12.1 Å². The molecule has 8 heteroatoms. The highest BCUT2D eigenvalue weighted by molar-refractivity contribution is 5.77. The van der Waals surface area contributed by atoms with Crippen molar-refractivity contribution in [3.8, 4) is 0 Å². The summed E-state index contributed by atoms with van der Waals surface area (Å²) in [6.07, 6.45) is -4.99. The van der Waals surface area contributed by atoms with Crippen LogP contribution in [0.1, 0.15) is 18.1 Å². The number of benzene rings is 1. The van der Waals surface area contributed by atoms with Gasteiger partial charge >= 0.3 is 18.1 Å². The molecule has 0 bridgehead atoms. The Morgan fingerprint density at radius 2 is 1.47 bits per heavy atom. The van der Waals surface area contributed by atoms with E-state index >= 15 is 0 Å². The fourth-order valence-electron chi connectivity index (χ4n) is 1.53. The molecule has 0 amide bonds. The summed E-state index contributed by atoms with van der Waals surface area (Å²) in [6.45, 7) is 0.325. The van der Waals surface area contributed by atoms with Gasteiger partial charge in [-0.3, -0.25) is 0 Å². The maximum absolute atomic E-state index is 13.4. The Morgan fingerprint density at radius 1 is 1.05 bits per heavy atom. The lowest BCUT2D eigenvalue weighted by Crippen LogP contribution is -2.49. The lowest BCUT2D eigenvalue weighted by molar-refractivity contribution is -0.209. The molecule has 1 aromatic carbocycles. The minimum Gasteiger partial charge on any atom is -0.477 e. The minimum atomic E-state index is -4.99. The molecule has 0 fully saturated rings. The largest absolute Gasteiger partial charge is 0.477 e. The van der Waals surface area contributed by atoms with E-state index in [2.05, 4.69) is 0 Å². The third kappa shape index (κ3) is 2.53. The average molecular weight is 284 g/mol. The fourth-order valence-corrected chi connectivity index (χ4v) is 1.53. The van der Waals surface area contributed by atoms with Crippen LogP contribution in [0.25, 0.3) is 0 Å². The molecule has 0 aliphatic carbocycles. The number of hydrogen-bond donors (Lipinski definition) is 2. The van der Waals surface area contributed by atoms with Gasteiger partial charge in [-0.1, -0.05) is 18.2 Å². The van der Waals surface area contributed by atoms with Crippen molar-refractivity contribution in [1.82, 2.24) is 0 Å². The van der Waals surface area contributed by atoms with E-state index in [1.165, 1.54) is 0 Å². The summed E-state index contributed by atoms with van der Waals surface area (Å²) in [5, 5.41) is 17.9. The first kappa shape index (κ1) is 15.4. The number of alkyl halides is 5. The number of aliphatic carboxylic acids is 1. The standard InChI is InChI=1S/C11H9F5O3/c1-9(19,10(12,13)8(17)18)6-4-2-3-5-7(6)11(14,15)16/h2-5,19H,1H3,(H,17,18). The molecule has 0 aromatic heterocycles. The highest BCUT2D eigenvalue weighted by Crippen LogP contribution is 2.43. The second kappa shape index (κ2) is 4.44. The summed E-state index contributed by atoms with van der Waals surface area (Å²) in [5.41, 5.74) is -6.21. The molecule has 0 heterocycles. The molecule has 0 aliphatic heterocycles. The summed E-state index contributed by atoms with van der Waals surface area (Å²) in [7, 11) is 0. The van der Waals surface area contributed by atoms with Crippen LogP contribution >= 0.6 is 0 Å². The van der Waals surface area contributed by atoms with Crippen LogP contribution in [-0.4, -0.2) is 22.1 Å². The third-order valence-corrected chi connectivity index (χ3v) is 2.64. The highest BCUT2D eigenvalue weighted by atomic mass is 19.4. The molecule has 2 N–H and O–H groups in total. The van der Waals surface area contributed by atoms with E-state index in [1.54, 1.807) is 0 Å². The summed E-state index contributed by atoms with van der Waals surface area (Å²) in [4.78, 5) is 10.4. The molecule has 0 aliphatic rings. The topological polar surface area (TPSA) is 57.5 Å². The Hall–Kier alpha value is -1.70. The van der Waals surface area contributed by atoms with Gasteiger partial charge < -0.3 is 10.2 Å². The van der Waals surface area contributed by atoms with E-state index < -0.39 is 34.8 Å². The molecule has 1 aromatic rings. The van der Waals surface area contributed by atoms with Crippen LogP contribution in [0.2, 0.25) is 0 Å². The zero-order valence-corrected chi connectivity index (χ0v) is 9.50. The van der Waals surface area contributed by atoms with E-state index in [1.807, 2.05) is 0 Å². The quantitative estimate of drug-likeness (QED) is 0.839. The van der Waals surface area contributed by atoms with Crippen LogP contribution in [0, 0.1) is 0 Å². The van der Waals surface area contributed by atoms with Gasteiger partial charge in [0.15, 0.2) is 5.60 Å². The molecule has 0 saturated heterocycles. The predicted octanol–water partition coefficient (Wildman–Crippen LogP) is 2.63. The molecule has 1 unspecified atom stereocenters. The van der Waals surface area contributed by atoms with Crippen molar-refractivity contribution in [3.05, 3.63) is 35.4 Å². The van der Waals surface area contributed by atoms with Crippen molar-refractivity contribution in [2.75, 3.05) is 0 Å². The van der Waals surface area contributed by atoms with Gasteiger partial charge in [-0.2, -0.15) is 22.0 Å². The summed E-state index contributed by atoms with van der Waals surface area (Å²) in [6, 6.07) is 3.04. The van der Waals surface area contributed by atoms with Crippen molar-refractivity contribution in [3.63, 3.8) is 0 Å². The molecule has 1 atom stereocenters. The van der Waals surface area contributed by atoms with Crippen molar-refractivity contribution in [2.24, 2.45) is 0 Å². The van der Waals surface area contributed by atoms with Gasteiger partial charge in [-0.15, -0.1) is 0 Å². The maximum Gasteiger partial charge on any atom is 0.416 e. The Bertz CT molecular complexity index is 493. The molecule has 19 heavy (non-hydrogen) atoms. The summed E-state index contributed by atoms with van der Waals surface area (Å²) >= 11 is 0. The number of hydrogen-bond acceptors (Lipinski definition) is 2. The van der Waals surface area contributed by atoms with Crippen LogP contribution in [0.4, 0.5) is 22.0 Å². The van der Waals surface area contributed by atoms with Gasteiger partial charge in [-0.25, -0.2) is 4.79 Å². The molecule has 0 spiro atoms. The molecular formula is C11H9F5O3. The van der Waals surface area contributed by atoms with Crippen LogP contribution in [0.5, 0.6) is 0 Å². The molecule has 1 rings (SSSR count). The SMILES string of the molecule is CC(O)(c1ccccc1C(F)(F)F)C(F)(F)C(=O)O. The molecule has 106 valence electrons. The maximum atomic E-state index is 13.4. The first-order valence-electron chi connectivity index (χ1n) is 4.92. The van der Waals surface area contributed by atoms with Gasteiger partial charge in [0.1, 0.15) is 0 Å². The van der Waals surface area contributed by atoms with Crippen molar-refractivity contribution in [2.45, 2.75) is 24.6 Å². The van der Waals surface area contributed by atoms with Gasteiger partial charge in [-0.05, 0) is 13.0 Å². The van der Waals surface area contributed by atoms with Crippen LogP contribution in [0.15, 0.2) is 24.3 Å². The fraction of sp³-hybridized carbons (Fsp3) is 0.364. The molecule has 3 nitrogen and oxygen atoms in total. The smallest absolute Gasteiger partial charge is 0.416 e. The van der Waals surface area contributed by atoms with Gasteiger partial charge in [0.05, 0.1) is 5.56 Å². The Balaban J connectivity index is 3.50.